The zero-order valence-corrected chi connectivity index (χ0v) is 18.9. The highest BCUT2D eigenvalue weighted by Crippen LogP contribution is 2.44. The van der Waals surface area contributed by atoms with Gasteiger partial charge in [0.1, 0.15) is 5.75 Å². The van der Waals surface area contributed by atoms with Crippen LogP contribution >= 0.6 is 0 Å². The quantitative estimate of drug-likeness (QED) is 0.723. The Labute approximate surface area is 188 Å². The summed E-state index contributed by atoms with van der Waals surface area (Å²) in [5, 5.41) is 2.98. The van der Waals surface area contributed by atoms with Crippen molar-refractivity contribution in [1.82, 2.24) is 5.32 Å². The predicted octanol–water partition coefficient (Wildman–Crippen LogP) is 4.50. The maximum atomic E-state index is 13.3. The molecule has 0 saturated carbocycles. The van der Waals surface area contributed by atoms with Gasteiger partial charge in [0.25, 0.3) is 0 Å². The lowest BCUT2D eigenvalue weighted by atomic mass is 9.73. The first-order chi connectivity index (χ1) is 15.4. The van der Waals surface area contributed by atoms with Gasteiger partial charge in [-0.1, -0.05) is 18.2 Å². The lowest BCUT2D eigenvalue weighted by Crippen LogP contribution is -2.38. The predicted molar refractivity (Wildman–Crippen MR) is 121 cm³/mol. The highest BCUT2D eigenvalue weighted by Gasteiger charge is 2.38. The Morgan fingerprint density at radius 1 is 0.875 bits per heavy atom. The third-order valence-electron chi connectivity index (χ3n) is 6.07. The van der Waals surface area contributed by atoms with Crippen molar-refractivity contribution >= 4 is 11.7 Å². The number of ether oxygens (including phenoxy) is 3. The van der Waals surface area contributed by atoms with Gasteiger partial charge in [-0.25, -0.2) is 0 Å². The topological polar surface area (TPSA) is 73.9 Å². The van der Waals surface area contributed by atoms with Crippen molar-refractivity contribution < 1.29 is 23.8 Å². The molecule has 1 amide bonds. The van der Waals surface area contributed by atoms with Crippen molar-refractivity contribution in [3.8, 4) is 17.2 Å². The summed E-state index contributed by atoms with van der Waals surface area (Å²) in [4.78, 5) is 25.9. The van der Waals surface area contributed by atoms with E-state index in [1.807, 2.05) is 56.3 Å². The van der Waals surface area contributed by atoms with Crippen LogP contribution in [0.2, 0.25) is 0 Å². The molecule has 1 aliphatic heterocycles. The van der Waals surface area contributed by atoms with Crippen molar-refractivity contribution in [2.24, 2.45) is 0 Å². The number of hydrogen-bond donors (Lipinski definition) is 1. The number of allylic oxidation sites excluding steroid dienone is 2. The molecule has 0 unspecified atom stereocenters. The van der Waals surface area contributed by atoms with Crippen LogP contribution in [0.3, 0.4) is 0 Å². The molecule has 6 heteroatoms. The van der Waals surface area contributed by atoms with E-state index in [2.05, 4.69) is 5.32 Å². The van der Waals surface area contributed by atoms with Gasteiger partial charge in [-0.3, -0.25) is 9.59 Å². The zero-order chi connectivity index (χ0) is 22.8. The molecule has 32 heavy (non-hydrogen) atoms. The molecule has 168 valence electrons. The van der Waals surface area contributed by atoms with Gasteiger partial charge in [0.2, 0.25) is 5.91 Å². The lowest BCUT2D eigenvalue weighted by Gasteiger charge is -2.34. The molecule has 0 saturated heterocycles. The fourth-order valence-electron chi connectivity index (χ4n) is 4.64. The molecule has 2 aliphatic rings. The smallest absolute Gasteiger partial charge is 0.225 e. The third kappa shape index (κ3) is 4.35. The summed E-state index contributed by atoms with van der Waals surface area (Å²) >= 11 is 0. The third-order valence-corrected chi connectivity index (χ3v) is 6.07. The Morgan fingerprint density at radius 2 is 1.56 bits per heavy atom. The number of hydrogen-bond acceptors (Lipinski definition) is 5. The molecule has 1 N–H and O–H groups in total. The summed E-state index contributed by atoms with van der Waals surface area (Å²) in [6.45, 7) is 3.98. The number of ketones is 1. The molecule has 1 aliphatic carbocycles. The van der Waals surface area contributed by atoms with Crippen molar-refractivity contribution in [3.63, 3.8) is 0 Å². The summed E-state index contributed by atoms with van der Waals surface area (Å²) in [5.41, 5.74) is 3.41. The molecule has 2 aromatic rings. The molecule has 0 radical (unpaired) electrons. The van der Waals surface area contributed by atoms with Crippen LogP contribution in [0.25, 0.3) is 0 Å². The second kappa shape index (κ2) is 9.07. The van der Waals surface area contributed by atoms with Crippen LogP contribution in [0.1, 0.15) is 56.1 Å². The normalized spacial score (nSPS) is 20.7. The fraction of sp³-hybridized carbons (Fsp3) is 0.385. The lowest BCUT2D eigenvalue weighted by molar-refractivity contribution is -0.122. The molecule has 0 fully saturated rings. The molecule has 0 spiro atoms. The number of benzene rings is 2. The number of methoxy groups -OCH3 is 2. The number of carbonyl (C=O) groups excluding carboxylic acids is 2. The number of nitrogens with one attached hydrogen (secondary N) is 1. The van der Waals surface area contributed by atoms with Crippen molar-refractivity contribution in [2.45, 2.75) is 51.0 Å². The minimum absolute atomic E-state index is 0.0267. The Bertz CT molecular complexity index is 1050. The molecular formula is C26H29NO5. The number of amides is 1. The van der Waals surface area contributed by atoms with E-state index in [0.29, 0.717) is 29.9 Å². The summed E-state index contributed by atoms with van der Waals surface area (Å²) in [6.07, 6.45) is 1.39. The monoisotopic (exact) mass is 435 g/mol. The van der Waals surface area contributed by atoms with E-state index in [4.69, 9.17) is 14.2 Å². The maximum Gasteiger partial charge on any atom is 0.225 e. The minimum Gasteiger partial charge on any atom is -0.493 e. The van der Waals surface area contributed by atoms with E-state index in [0.717, 1.165) is 22.6 Å². The highest BCUT2D eigenvalue weighted by atomic mass is 16.5. The first kappa shape index (κ1) is 21.9. The summed E-state index contributed by atoms with van der Waals surface area (Å²) in [5.74, 6) is 1.77. The van der Waals surface area contributed by atoms with E-state index in [9.17, 15) is 9.59 Å². The zero-order valence-electron chi connectivity index (χ0n) is 18.9. The number of carbonyl (C=O) groups is 2. The van der Waals surface area contributed by atoms with Gasteiger partial charge in [0.05, 0.1) is 20.3 Å². The molecule has 2 atom stereocenters. The van der Waals surface area contributed by atoms with E-state index in [1.165, 1.54) is 0 Å². The highest BCUT2D eigenvalue weighted by molar-refractivity contribution is 6.02. The van der Waals surface area contributed by atoms with Gasteiger partial charge < -0.3 is 19.5 Å². The van der Waals surface area contributed by atoms with Crippen molar-refractivity contribution in [1.29, 1.82) is 0 Å². The standard InChI is InChI=1S/C26H29NO5/c1-15(2)32-19-8-5-16(6-9-19)18-11-21-26(22(28)12-18)20(14-25(29)27-21)17-7-10-23(30-3)24(13-17)31-4/h5-10,13,15,18,20H,11-12,14H2,1-4H3,(H,27,29)/t18-,20-/m0/s1. The molecular weight excluding hydrogens is 406 g/mol. The summed E-state index contributed by atoms with van der Waals surface area (Å²) in [7, 11) is 3.16. The molecule has 1 heterocycles. The van der Waals surface area contributed by atoms with Crippen LogP contribution < -0.4 is 19.5 Å². The van der Waals surface area contributed by atoms with Gasteiger partial charge in [0.15, 0.2) is 17.3 Å². The van der Waals surface area contributed by atoms with Gasteiger partial charge in [-0.05, 0) is 61.6 Å². The van der Waals surface area contributed by atoms with E-state index in [-0.39, 0.29) is 36.1 Å². The van der Waals surface area contributed by atoms with Crippen molar-refractivity contribution in [3.05, 3.63) is 64.9 Å². The SMILES string of the molecule is COc1ccc([C@@H]2CC(=O)NC3=C2C(=O)C[C@@H](c2ccc(OC(C)C)cc2)C3)cc1OC. The average molecular weight is 436 g/mol. The largest absolute Gasteiger partial charge is 0.493 e. The summed E-state index contributed by atoms with van der Waals surface area (Å²) in [6, 6.07) is 13.5. The second-order valence-corrected chi connectivity index (χ2v) is 8.58. The molecule has 2 aromatic carbocycles. The van der Waals surface area contributed by atoms with Crippen LogP contribution in [0.15, 0.2) is 53.7 Å². The Morgan fingerprint density at radius 3 is 2.22 bits per heavy atom. The van der Waals surface area contributed by atoms with Crippen LogP contribution in [-0.4, -0.2) is 32.0 Å². The van der Waals surface area contributed by atoms with Gasteiger partial charge in [-0.15, -0.1) is 0 Å². The second-order valence-electron chi connectivity index (χ2n) is 8.58. The summed E-state index contributed by atoms with van der Waals surface area (Å²) < 4.78 is 16.5. The number of rotatable bonds is 6. The molecule has 0 bridgehead atoms. The first-order valence-electron chi connectivity index (χ1n) is 10.9. The minimum atomic E-state index is -0.283. The Kier molecular flexibility index (Phi) is 6.21. The van der Waals surface area contributed by atoms with E-state index < -0.39 is 0 Å². The van der Waals surface area contributed by atoms with Crippen LogP contribution in [-0.2, 0) is 9.59 Å². The van der Waals surface area contributed by atoms with Crippen molar-refractivity contribution in [2.75, 3.05) is 14.2 Å². The van der Waals surface area contributed by atoms with Gasteiger partial charge >= 0.3 is 0 Å². The first-order valence-corrected chi connectivity index (χ1v) is 10.9. The molecule has 4 rings (SSSR count). The van der Waals surface area contributed by atoms with Gasteiger partial charge in [-0.2, -0.15) is 0 Å². The van der Waals surface area contributed by atoms with Crippen LogP contribution in [0, 0.1) is 0 Å². The average Bonchev–Trinajstić information content (AvgIpc) is 2.77. The van der Waals surface area contributed by atoms with Crippen LogP contribution in [0.4, 0.5) is 0 Å². The Balaban J connectivity index is 1.63. The van der Waals surface area contributed by atoms with Crippen LogP contribution in [0.5, 0.6) is 17.2 Å². The molecule has 6 nitrogen and oxygen atoms in total. The van der Waals surface area contributed by atoms with E-state index in [1.54, 1.807) is 14.2 Å². The van der Waals surface area contributed by atoms with Gasteiger partial charge in [0, 0.05) is 30.0 Å². The molecule has 0 aromatic heterocycles. The van der Waals surface area contributed by atoms with E-state index >= 15 is 0 Å². The number of Topliss-reactive ketones (excluding diaryl/α,β-unsaturated/α-hetero) is 1. The Hall–Kier alpha value is -3.28. The maximum absolute atomic E-state index is 13.3. The fourth-order valence-corrected chi connectivity index (χ4v) is 4.64.